The lowest BCUT2D eigenvalue weighted by molar-refractivity contribution is -0.000507. The SMILES string of the molecule is [B]c1cnc(N2CC3(CCOCC3)C2)c(C(=O)Nc2ccc(C(=O)N3CCc4cc(C(=O)Nc5ccccc5F)sc4-c4ccccc43)cc2)c1. The first kappa shape index (κ1) is 32.9. The number of pyridine rings is 1. The van der Waals surface area contributed by atoms with E-state index >= 15 is 0 Å². The average molecular weight is 698 g/mol. The molecule has 5 aromatic rings. The monoisotopic (exact) mass is 697 g/mol. The standard InChI is InChI=1S/C39H33BFN5O4S/c40-26-20-29(35(42-21-26)45-22-39(23-45)14-17-50-18-15-39)36(47)43-27-11-9-24(10-12-27)38(49)46-16-13-25-19-33(37(48)44-31-7-3-2-6-30(31)41)51-34(25)28-5-1-4-8-32(28)46/h1-12,19-21H,13-18,22-23H2,(H,43,47)(H,44,48). The van der Waals surface area contributed by atoms with Crippen LogP contribution in [-0.2, 0) is 11.2 Å². The molecule has 12 heteroatoms. The Morgan fingerprint density at radius 1 is 0.902 bits per heavy atom. The third kappa shape index (κ3) is 6.41. The molecule has 0 unspecified atom stereocenters. The van der Waals surface area contributed by atoms with Gasteiger partial charge in [0, 0.05) is 66.2 Å². The maximum absolute atomic E-state index is 14.2. The topological polar surface area (TPSA) is 104 Å². The van der Waals surface area contributed by atoms with Crippen molar-refractivity contribution in [3.63, 3.8) is 0 Å². The van der Waals surface area contributed by atoms with Crippen LogP contribution in [0.2, 0.25) is 0 Å². The summed E-state index contributed by atoms with van der Waals surface area (Å²) in [6.07, 6.45) is 4.10. The van der Waals surface area contributed by atoms with Crippen LogP contribution in [0.25, 0.3) is 10.4 Å². The molecule has 2 N–H and O–H groups in total. The first-order valence-corrected chi connectivity index (χ1v) is 17.7. The number of carbonyl (C=O) groups excluding carboxylic acids is 3. The lowest BCUT2D eigenvalue weighted by Gasteiger charge is -2.53. The number of hydrogen-bond donors (Lipinski definition) is 2. The maximum atomic E-state index is 14.2. The molecule has 0 bridgehead atoms. The van der Waals surface area contributed by atoms with Gasteiger partial charge >= 0.3 is 0 Å². The molecule has 254 valence electrons. The minimum Gasteiger partial charge on any atom is -0.381 e. The number of nitrogens with one attached hydrogen (secondary N) is 2. The highest BCUT2D eigenvalue weighted by Crippen LogP contribution is 2.43. The zero-order valence-electron chi connectivity index (χ0n) is 27.7. The highest BCUT2D eigenvalue weighted by Gasteiger charge is 2.45. The van der Waals surface area contributed by atoms with E-state index in [1.54, 1.807) is 53.6 Å². The molecule has 3 amide bonds. The summed E-state index contributed by atoms with van der Waals surface area (Å²) < 4.78 is 19.7. The van der Waals surface area contributed by atoms with E-state index in [-0.39, 0.29) is 28.8 Å². The summed E-state index contributed by atoms with van der Waals surface area (Å²) in [7, 11) is 6.05. The summed E-state index contributed by atoms with van der Waals surface area (Å²) >= 11 is 1.32. The van der Waals surface area contributed by atoms with Crippen LogP contribution in [0.4, 0.5) is 27.3 Å². The van der Waals surface area contributed by atoms with Crippen molar-refractivity contribution >= 4 is 65.2 Å². The van der Waals surface area contributed by atoms with E-state index in [1.165, 1.54) is 23.5 Å². The molecular weight excluding hydrogens is 664 g/mol. The largest absolute Gasteiger partial charge is 0.381 e. The van der Waals surface area contributed by atoms with Crippen molar-refractivity contribution in [3.05, 3.63) is 119 Å². The summed E-state index contributed by atoms with van der Waals surface area (Å²) in [4.78, 5) is 50.4. The van der Waals surface area contributed by atoms with Gasteiger partial charge in [0.25, 0.3) is 17.7 Å². The number of fused-ring (bicyclic) bond motifs is 3. The summed E-state index contributed by atoms with van der Waals surface area (Å²) in [5.74, 6) is -0.793. The van der Waals surface area contributed by atoms with Crippen molar-refractivity contribution in [1.29, 1.82) is 0 Å². The number of rotatable bonds is 6. The Kier molecular flexibility index (Phi) is 8.65. The van der Waals surface area contributed by atoms with Crippen LogP contribution in [0.1, 0.15) is 48.8 Å². The van der Waals surface area contributed by atoms with Crippen LogP contribution in [-0.4, -0.2) is 63.4 Å². The number of carbonyl (C=O) groups is 3. The zero-order valence-corrected chi connectivity index (χ0v) is 28.5. The zero-order chi connectivity index (χ0) is 35.1. The number of hydrogen-bond acceptors (Lipinski definition) is 7. The van der Waals surface area contributed by atoms with E-state index in [4.69, 9.17) is 12.6 Å². The Balaban J connectivity index is 0.974. The van der Waals surface area contributed by atoms with Gasteiger partial charge in [0.1, 0.15) is 19.5 Å². The Labute approximate surface area is 299 Å². The van der Waals surface area contributed by atoms with E-state index in [0.29, 0.717) is 45.9 Å². The molecule has 2 saturated heterocycles. The second-order valence-electron chi connectivity index (χ2n) is 13.3. The molecule has 0 aliphatic carbocycles. The number of para-hydroxylation sites is 2. The molecule has 2 radical (unpaired) electrons. The molecule has 2 fully saturated rings. The Morgan fingerprint density at radius 3 is 2.43 bits per heavy atom. The lowest BCUT2D eigenvalue weighted by atomic mass is 9.73. The van der Waals surface area contributed by atoms with Gasteiger partial charge in [0.15, 0.2) is 0 Å². The minimum atomic E-state index is -0.502. The van der Waals surface area contributed by atoms with E-state index < -0.39 is 5.82 Å². The van der Waals surface area contributed by atoms with Crippen LogP contribution >= 0.6 is 11.3 Å². The molecule has 8 rings (SSSR count). The minimum absolute atomic E-state index is 0.121. The van der Waals surface area contributed by atoms with Crippen LogP contribution in [0.3, 0.4) is 0 Å². The van der Waals surface area contributed by atoms with Gasteiger partial charge in [0.2, 0.25) is 0 Å². The van der Waals surface area contributed by atoms with Gasteiger partial charge < -0.3 is 25.2 Å². The number of thiophene rings is 1. The van der Waals surface area contributed by atoms with Gasteiger partial charge in [-0.15, -0.1) is 11.3 Å². The molecule has 9 nitrogen and oxygen atoms in total. The first-order valence-electron chi connectivity index (χ1n) is 16.9. The third-order valence-corrected chi connectivity index (χ3v) is 11.1. The van der Waals surface area contributed by atoms with Crippen molar-refractivity contribution in [2.45, 2.75) is 19.3 Å². The van der Waals surface area contributed by atoms with Crippen molar-refractivity contribution < 1.29 is 23.5 Å². The van der Waals surface area contributed by atoms with Crippen molar-refractivity contribution in [2.75, 3.05) is 53.3 Å². The number of benzene rings is 3. The van der Waals surface area contributed by atoms with Gasteiger partial charge in [-0.2, -0.15) is 0 Å². The van der Waals surface area contributed by atoms with Crippen molar-refractivity contribution in [1.82, 2.24) is 4.98 Å². The molecule has 2 aromatic heterocycles. The molecule has 1 spiro atoms. The number of aromatic nitrogens is 1. The van der Waals surface area contributed by atoms with Gasteiger partial charge in [-0.1, -0.05) is 41.9 Å². The second kappa shape index (κ2) is 13.4. The fourth-order valence-corrected chi connectivity index (χ4v) is 8.28. The van der Waals surface area contributed by atoms with Crippen LogP contribution in [0.5, 0.6) is 0 Å². The first-order chi connectivity index (χ1) is 24.8. The summed E-state index contributed by atoms with van der Waals surface area (Å²) in [6.45, 7) is 3.56. The maximum Gasteiger partial charge on any atom is 0.265 e. The van der Waals surface area contributed by atoms with Crippen molar-refractivity contribution in [3.8, 4) is 10.4 Å². The molecule has 0 atom stereocenters. The van der Waals surface area contributed by atoms with Crippen LogP contribution < -0.4 is 25.9 Å². The molecule has 3 aromatic carbocycles. The molecule has 3 aliphatic rings. The summed E-state index contributed by atoms with van der Waals surface area (Å²) in [5.41, 5.74) is 4.65. The molecule has 3 aliphatic heterocycles. The van der Waals surface area contributed by atoms with Gasteiger partial charge in [0.05, 0.1) is 21.8 Å². The number of anilines is 4. The predicted octanol–water partition coefficient (Wildman–Crippen LogP) is 6.07. The number of ether oxygens (including phenoxy) is 1. The van der Waals surface area contributed by atoms with Crippen molar-refractivity contribution in [2.24, 2.45) is 5.41 Å². The molecule has 5 heterocycles. The van der Waals surface area contributed by atoms with Gasteiger partial charge in [-0.3, -0.25) is 14.4 Å². The number of nitrogens with zero attached hydrogens (tertiary/aromatic N) is 3. The van der Waals surface area contributed by atoms with Crippen LogP contribution in [0.15, 0.2) is 91.1 Å². The third-order valence-electron chi connectivity index (χ3n) is 9.87. The number of amides is 3. The van der Waals surface area contributed by atoms with Crippen LogP contribution in [0, 0.1) is 11.2 Å². The Bertz CT molecular complexity index is 2160. The van der Waals surface area contributed by atoms with E-state index in [9.17, 15) is 18.8 Å². The second-order valence-corrected chi connectivity index (χ2v) is 14.3. The summed E-state index contributed by atoms with van der Waals surface area (Å²) in [5, 5.41) is 5.62. The molecule has 51 heavy (non-hydrogen) atoms. The van der Waals surface area contributed by atoms with Gasteiger partial charge in [-0.25, -0.2) is 9.37 Å². The molecular formula is C39H33BFN5O4S. The fourth-order valence-electron chi connectivity index (χ4n) is 7.14. The summed E-state index contributed by atoms with van der Waals surface area (Å²) in [6, 6.07) is 24.0. The normalized spacial score (nSPS) is 16.0. The fraction of sp³-hybridized carbons (Fsp3) is 0.231. The number of halogens is 1. The Morgan fingerprint density at radius 2 is 1.65 bits per heavy atom. The molecule has 0 saturated carbocycles. The smallest absolute Gasteiger partial charge is 0.265 e. The average Bonchev–Trinajstić information content (AvgIpc) is 3.50. The van der Waals surface area contributed by atoms with E-state index in [2.05, 4.69) is 20.5 Å². The Hall–Kier alpha value is -5.33. The quantitative estimate of drug-likeness (QED) is 0.209. The predicted molar refractivity (Wildman–Crippen MR) is 198 cm³/mol. The van der Waals surface area contributed by atoms with Gasteiger partial charge in [-0.05, 0) is 73.4 Å². The highest BCUT2D eigenvalue weighted by atomic mass is 32.1. The van der Waals surface area contributed by atoms with E-state index in [1.807, 2.05) is 30.3 Å². The van der Waals surface area contributed by atoms with E-state index in [0.717, 1.165) is 60.8 Å². The highest BCUT2D eigenvalue weighted by molar-refractivity contribution is 7.17. The lowest BCUT2D eigenvalue weighted by Crippen LogP contribution is -2.59.